The second-order valence-electron chi connectivity index (χ2n) is 7.26. The van der Waals surface area contributed by atoms with Crippen molar-refractivity contribution in [3.05, 3.63) is 73.9 Å². The number of aryl methyl sites for hydroxylation is 1. The maximum Gasteiger partial charge on any atom is 0.270 e. The summed E-state index contributed by atoms with van der Waals surface area (Å²) in [4.78, 5) is 33.6. The van der Waals surface area contributed by atoms with Crippen LogP contribution < -0.4 is 5.32 Å². The van der Waals surface area contributed by atoms with Crippen molar-refractivity contribution in [1.82, 2.24) is 9.97 Å². The molecule has 2 heterocycles. The summed E-state index contributed by atoms with van der Waals surface area (Å²) in [5.74, 6) is -0.684. The lowest BCUT2D eigenvalue weighted by atomic mass is 9.96. The topological polar surface area (TPSA) is 146 Å². The van der Waals surface area contributed by atoms with E-state index in [2.05, 4.69) is 21.4 Å². The summed E-state index contributed by atoms with van der Waals surface area (Å²) < 4.78 is 0. The van der Waals surface area contributed by atoms with Gasteiger partial charge < -0.3 is 5.32 Å². The van der Waals surface area contributed by atoms with Crippen molar-refractivity contribution in [3.8, 4) is 12.1 Å². The average molecular weight is 489 g/mol. The Bertz CT molecular complexity index is 1390. The summed E-state index contributed by atoms with van der Waals surface area (Å²) >= 11 is 2.51. The van der Waals surface area contributed by atoms with Gasteiger partial charge in [0.2, 0.25) is 0 Å². The van der Waals surface area contributed by atoms with Crippen LogP contribution in [-0.2, 0) is 17.6 Å². The molecule has 1 aromatic carbocycles. The molecule has 0 unspecified atom stereocenters. The SMILES string of the molecule is N#C/C(=C/c1cc([N+](=O)[O-])ccc1Sc1ncccn1)C(=O)Nc1sc2c(c1C#N)CCCC2. The highest BCUT2D eigenvalue weighted by Gasteiger charge is 2.23. The van der Waals surface area contributed by atoms with Crippen molar-refractivity contribution in [2.45, 2.75) is 35.7 Å². The Morgan fingerprint density at radius 2 is 2.00 bits per heavy atom. The molecular weight excluding hydrogens is 472 g/mol. The fourth-order valence-corrected chi connectivity index (χ4v) is 5.57. The maximum atomic E-state index is 12.9. The van der Waals surface area contributed by atoms with E-state index in [-0.39, 0.29) is 11.3 Å². The van der Waals surface area contributed by atoms with Crippen molar-refractivity contribution < 1.29 is 9.72 Å². The van der Waals surface area contributed by atoms with E-state index < -0.39 is 10.8 Å². The molecule has 0 fully saturated rings. The number of nitro benzene ring substituents is 1. The molecule has 0 bridgehead atoms. The maximum absolute atomic E-state index is 12.9. The van der Waals surface area contributed by atoms with Gasteiger partial charge in [0.15, 0.2) is 5.16 Å². The molecule has 1 N–H and O–H groups in total. The third-order valence-electron chi connectivity index (χ3n) is 5.12. The zero-order chi connectivity index (χ0) is 24.1. The third kappa shape index (κ3) is 4.96. The van der Waals surface area contributed by atoms with Crippen LogP contribution in [0.1, 0.15) is 34.4 Å². The van der Waals surface area contributed by atoms with E-state index in [0.717, 1.165) is 47.9 Å². The van der Waals surface area contributed by atoms with Crippen molar-refractivity contribution >= 4 is 45.8 Å². The number of anilines is 1. The lowest BCUT2D eigenvalue weighted by Gasteiger charge is -2.09. The molecule has 0 radical (unpaired) electrons. The van der Waals surface area contributed by atoms with E-state index in [4.69, 9.17) is 0 Å². The van der Waals surface area contributed by atoms with Crippen LogP contribution in [0.3, 0.4) is 0 Å². The molecule has 0 aliphatic heterocycles. The van der Waals surface area contributed by atoms with E-state index in [1.807, 2.05) is 6.07 Å². The summed E-state index contributed by atoms with van der Waals surface area (Å²) in [6, 6.07) is 9.86. The van der Waals surface area contributed by atoms with E-state index in [0.29, 0.717) is 26.2 Å². The van der Waals surface area contributed by atoms with E-state index >= 15 is 0 Å². The number of hydrogen-bond acceptors (Lipinski definition) is 9. The van der Waals surface area contributed by atoms with Gasteiger partial charge in [-0.25, -0.2) is 9.97 Å². The Balaban J connectivity index is 1.68. The zero-order valence-electron chi connectivity index (χ0n) is 17.6. The van der Waals surface area contributed by atoms with Gasteiger partial charge in [-0.15, -0.1) is 11.3 Å². The molecule has 1 aliphatic carbocycles. The average Bonchev–Trinajstić information content (AvgIpc) is 3.20. The van der Waals surface area contributed by atoms with Crippen LogP contribution in [0.25, 0.3) is 6.08 Å². The molecule has 4 rings (SSSR count). The van der Waals surface area contributed by atoms with Crippen LogP contribution in [0.15, 0.2) is 52.3 Å². The van der Waals surface area contributed by atoms with Crippen molar-refractivity contribution in [2.24, 2.45) is 0 Å². The molecule has 11 heteroatoms. The number of hydrogen-bond donors (Lipinski definition) is 1. The van der Waals surface area contributed by atoms with Crippen LogP contribution >= 0.6 is 23.1 Å². The highest BCUT2D eigenvalue weighted by atomic mass is 32.2. The summed E-state index contributed by atoms with van der Waals surface area (Å²) in [7, 11) is 0. The lowest BCUT2D eigenvalue weighted by Crippen LogP contribution is -2.13. The smallest absolute Gasteiger partial charge is 0.270 e. The second-order valence-corrected chi connectivity index (χ2v) is 9.38. The zero-order valence-corrected chi connectivity index (χ0v) is 19.3. The first-order valence-corrected chi connectivity index (χ1v) is 11.8. The Morgan fingerprint density at radius 3 is 2.71 bits per heavy atom. The lowest BCUT2D eigenvalue weighted by molar-refractivity contribution is -0.384. The van der Waals surface area contributed by atoms with Gasteiger partial charge in [0.1, 0.15) is 22.7 Å². The molecule has 168 valence electrons. The number of amides is 1. The number of nitro groups is 1. The molecule has 1 aliphatic rings. The molecular formula is C23H16N6O3S2. The van der Waals surface area contributed by atoms with Crippen LogP contribution in [0.5, 0.6) is 0 Å². The minimum Gasteiger partial charge on any atom is -0.312 e. The Hall–Kier alpha value is -4.06. The number of nitrogens with one attached hydrogen (secondary N) is 1. The van der Waals surface area contributed by atoms with Gasteiger partial charge >= 0.3 is 0 Å². The standard InChI is InChI=1S/C23H16N6O3S2/c24-12-15(21(30)28-22-18(13-25)17-4-1-2-5-20(17)33-22)10-14-11-16(29(31)32)6-7-19(14)34-23-26-8-3-9-27-23/h3,6-11H,1-2,4-5H2,(H,28,30)/b15-10-. The summed E-state index contributed by atoms with van der Waals surface area (Å²) in [5.41, 5.74) is 1.30. The van der Waals surface area contributed by atoms with E-state index in [1.54, 1.807) is 18.5 Å². The molecule has 1 amide bonds. The Kier molecular flexibility index (Phi) is 6.97. The highest BCUT2D eigenvalue weighted by molar-refractivity contribution is 7.99. The fourth-order valence-electron chi connectivity index (χ4n) is 3.54. The van der Waals surface area contributed by atoms with Gasteiger partial charge in [0.25, 0.3) is 11.6 Å². The summed E-state index contributed by atoms with van der Waals surface area (Å²) in [5, 5.41) is 34.1. The van der Waals surface area contributed by atoms with E-state index in [1.165, 1.54) is 35.6 Å². The monoisotopic (exact) mass is 488 g/mol. The molecule has 9 nitrogen and oxygen atoms in total. The molecule has 3 aromatic rings. The molecule has 0 saturated carbocycles. The van der Waals surface area contributed by atoms with Gasteiger partial charge in [0.05, 0.1) is 10.5 Å². The second kappa shape index (κ2) is 10.3. The van der Waals surface area contributed by atoms with Gasteiger partial charge in [-0.1, -0.05) is 0 Å². The predicted molar refractivity (Wildman–Crippen MR) is 127 cm³/mol. The van der Waals surface area contributed by atoms with Gasteiger partial charge in [0, 0.05) is 34.3 Å². The number of aromatic nitrogens is 2. The number of non-ortho nitro benzene ring substituents is 1. The first kappa shape index (κ1) is 23.1. The molecule has 2 aromatic heterocycles. The Morgan fingerprint density at radius 1 is 1.24 bits per heavy atom. The number of nitrogens with zero attached hydrogens (tertiary/aromatic N) is 5. The first-order chi connectivity index (χ1) is 16.5. The highest BCUT2D eigenvalue weighted by Crippen LogP contribution is 2.38. The molecule has 0 atom stereocenters. The van der Waals surface area contributed by atoms with Crippen molar-refractivity contribution in [3.63, 3.8) is 0 Å². The number of rotatable bonds is 6. The third-order valence-corrected chi connectivity index (χ3v) is 7.31. The predicted octanol–water partition coefficient (Wildman–Crippen LogP) is 4.89. The summed E-state index contributed by atoms with van der Waals surface area (Å²) in [6.07, 6.45) is 8.12. The van der Waals surface area contributed by atoms with Crippen LogP contribution in [0.4, 0.5) is 10.7 Å². The van der Waals surface area contributed by atoms with E-state index in [9.17, 15) is 25.4 Å². The van der Waals surface area contributed by atoms with Crippen molar-refractivity contribution in [1.29, 1.82) is 10.5 Å². The minimum atomic E-state index is -0.684. The molecule has 0 saturated heterocycles. The number of carbonyl (C=O) groups excluding carboxylic acids is 1. The number of fused-ring (bicyclic) bond motifs is 1. The number of thiophene rings is 1. The largest absolute Gasteiger partial charge is 0.312 e. The quantitative estimate of drug-likeness (QED) is 0.170. The number of nitriles is 2. The minimum absolute atomic E-state index is 0.181. The number of benzene rings is 1. The van der Waals surface area contributed by atoms with Crippen LogP contribution in [-0.4, -0.2) is 20.8 Å². The normalized spacial score (nSPS) is 12.8. The summed E-state index contributed by atoms with van der Waals surface area (Å²) in [6.45, 7) is 0. The molecule has 0 spiro atoms. The van der Waals surface area contributed by atoms with Crippen molar-refractivity contribution in [2.75, 3.05) is 5.32 Å². The van der Waals surface area contributed by atoms with Crippen LogP contribution in [0.2, 0.25) is 0 Å². The first-order valence-electron chi connectivity index (χ1n) is 10.2. The van der Waals surface area contributed by atoms with Gasteiger partial charge in [-0.2, -0.15) is 10.5 Å². The molecule has 34 heavy (non-hydrogen) atoms. The van der Waals surface area contributed by atoms with Crippen LogP contribution in [0, 0.1) is 32.8 Å². The number of carbonyl (C=O) groups is 1. The Labute approximate surface area is 202 Å². The fraction of sp³-hybridized carbons (Fsp3) is 0.174. The van der Waals surface area contributed by atoms with Gasteiger partial charge in [-0.3, -0.25) is 14.9 Å². The van der Waals surface area contributed by atoms with Gasteiger partial charge in [-0.05, 0) is 66.8 Å².